The van der Waals surface area contributed by atoms with Gasteiger partial charge >= 0.3 is 0 Å². The average molecular weight is 380 g/mol. The number of halogens is 2. The molecular formula is C15H12ClFN6OS. The first-order valence-electron chi connectivity index (χ1n) is 7.95. The van der Waals surface area contributed by atoms with Crippen LogP contribution in [0.25, 0.3) is 10.8 Å². The molecule has 0 radical (unpaired) electrons. The lowest BCUT2D eigenvalue weighted by molar-refractivity contribution is 0.0638. The van der Waals surface area contributed by atoms with Gasteiger partial charge in [-0.05, 0) is 54.3 Å². The van der Waals surface area contributed by atoms with E-state index in [0.29, 0.717) is 29.7 Å². The summed E-state index contributed by atoms with van der Waals surface area (Å²) in [5.74, 6) is 0.293. The summed E-state index contributed by atoms with van der Waals surface area (Å²) >= 11 is 6.91. The number of carbonyl (C=O) groups is 1. The van der Waals surface area contributed by atoms with Gasteiger partial charge in [-0.1, -0.05) is 0 Å². The fourth-order valence-corrected chi connectivity index (χ4v) is 3.61. The average Bonchev–Trinajstić information content (AvgIpc) is 3.21. The van der Waals surface area contributed by atoms with Crippen molar-refractivity contribution in [1.29, 1.82) is 0 Å². The Labute approximate surface area is 152 Å². The van der Waals surface area contributed by atoms with Crippen LogP contribution in [0.1, 0.15) is 30.5 Å². The highest BCUT2D eigenvalue weighted by Gasteiger charge is 2.32. The van der Waals surface area contributed by atoms with Crippen molar-refractivity contribution in [3.05, 3.63) is 46.7 Å². The number of amides is 1. The summed E-state index contributed by atoms with van der Waals surface area (Å²) in [6, 6.07) is 3.05. The lowest BCUT2D eigenvalue weighted by Crippen LogP contribution is -2.41. The molecule has 1 atom stereocenters. The van der Waals surface area contributed by atoms with Crippen molar-refractivity contribution >= 4 is 29.0 Å². The number of fused-ring (bicyclic) bond motifs is 1. The summed E-state index contributed by atoms with van der Waals surface area (Å²) in [5, 5.41) is 9.08. The number of carbonyl (C=O) groups excluding carboxylic acids is 1. The lowest BCUT2D eigenvalue weighted by atomic mass is 10.1. The maximum Gasteiger partial charge on any atom is 0.254 e. The zero-order chi connectivity index (χ0) is 18.4. The van der Waals surface area contributed by atoms with Crippen LogP contribution in [0.4, 0.5) is 4.39 Å². The fourth-order valence-electron chi connectivity index (χ4n) is 2.81. The fraction of sp³-hybridized carbons (Fsp3) is 0.267. The van der Waals surface area contributed by atoms with Crippen LogP contribution in [0.3, 0.4) is 0 Å². The monoisotopic (exact) mass is 379 g/mol. The summed E-state index contributed by atoms with van der Waals surface area (Å²) in [5.41, 5.74) is 0.155. The molecule has 3 aromatic rings. The molecule has 2 aromatic heterocycles. The molecule has 0 N–H and O–H groups in total. The third kappa shape index (κ3) is 2.79. The Morgan fingerprint density at radius 1 is 1.40 bits per heavy atom. The zero-order valence-electron chi connectivity index (χ0n) is 14.0. The predicted molar refractivity (Wildman–Crippen MR) is 89.8 cm³/mol. The van der Waals surface area contributed by atoms with E-state index >= 15 is 0 Å². The van der Waals surface area contributed by atoms with Crippen molar-refractivity contribution in [2.24, 2.45) is 0 Å². The van der Waals surface area contributed by atoms with E-state index in [1.54, 1.807) is 4.90 Å². The molecule has 0 spiro atoms. The summed E-state index contributed by atoms with van der Waals surface area (Å²) in [6.07, 6.45) is 0. The highest BCUT2D eigenvalue weighted by molar-refractivity contribution is 7.09. The molecular weight excluding hydrogens is 367 g/mol. The molecule has 7 nitrogen and oxygen atoms in total. The van der Waals surface area contributed by atoms with Gasteiger partial charge in [0.2, 0.25) is 5.28 Å². The van der Waals surface area contributed by atoms with Gasteiger partial charge in [-0.25, -0.2) is 9.37 Å². The van der Waals surface area contributed by atoms with E-state index in [0.717, 1.165) is 17.6 Å². The Balaban J connectivity index is 1.65. The molecule has 0 saturated carbocycles. The number of hydrogen-bond donors (Lipinski definition) is 0. The number of nitrogens with zero attached hydrogens (tertiary/aromatic N) is 6. The maximum atomic E-state index is 13.2. The van der Waals surface area contributed by atoms with E-state index < -0.39 is 5.82 Å². The van der Waals surface area contributed by atoms with Crippen LogP contribution < -0.4 is 0 Å². The Hall–Kier alpha value is -2.39. The molecule has 0 unspecified atom stereocenters. The van der Waals surface area contributed by atoms with E-state index in [1.807, 2.05) is 11.5 Å². The van der Waals surface area contributed by atoms with Crippen molar-refractivity contribution in [2.75, 3.05) is 6.54 Å². The second kappa shape index (κ2) is 6.16. The highest BCUT2D eigenvalue weighted by atomic mass is 35.5. The largest absolute Gasteiger partial charge is 0.327 e. The lowest BCUT2D eigenvalue weighted by Gasteiger charge is -2.33. The van der Waals surface area contributed by atoms with Crippen LogP contribution in [0.15, 0.2) is 24.2 Å². The minimum absolute atomic E-state index is 0.140. The number of rotatable bonds is 2. The number of aromatic nitrogens is 5. The van der Waals surface area contributed by atoms with Crippen molar-refractivity contribution in [3.8, 4) is 10.8 Å². The molecule has 3 heterocycles. The first-order chi connectivity index (χ1) is 12.5. The zero-order valence-corrected chi connectivity index (χ0v) is 14.6. The van der Waals surface area contributed by atoms with E-state index in [2.05, 4.69) is 19.6 Å². The van der Waals surface area contributed by atoms with Crippen LogP contribution in [0.2, 0.25) is 5.28 Å². The first kappa shape index (κ1) is 14.9. The molecule has 0 fully saturated rings. The molecule has 4 rings (SSSR count). The molecule has 1 amide bonds. The molecule has 1 aromatic carbocycles. The Morgan fingerprint density at radius 2 is 2.24 bits per heavy atom. The van der Waals surface area contributed by atoms with Crippen LogP contribution in [0, 0.1) is 5.82 Å². The minimum atomic E-state index is -0.543. The van der Waals surface area contributed by atoms with E-state index in [9.17, 15) is 9.18 Å². The molecule has 0 bridgehead atoms. The SMILES string of the molecule is [2H]c1cc(F)ccc1C(=O)N1CCn2c(-c3nc(Cl)ns3)nnc2[C@H]1C. The van der Waals surface area contributed by atoms with Gasteiger partial charge in [-0.3, -0.25) is 4.79 Å². The normalized spacial score (nSPS) is 17.3. The molecule has 1 aliphatic heterocycles. The molecule has 0 aliphatic carbocycles. The van der Waals surface area contributed by atoms with Gasteiger partial charge < -0.3 is 9.47 Å². The number of hydrogen-bond acceptors (Lipinski definition) is 6. The van der Waals surface area contributed by atoms with Gasteiger partial charge in [0.25, 0.3) is 5.91 Å². The van der Waals surface area contributed by atoms with Crippen LogP contribution in [0.5, 0.6) is 0 Å². The Bertz CT molecular complexity index is 1010. The minimum Gasteiger partial charge on any atom is -0.327 e. The van der Waals surface area contributed by atoms with Gasteiger partial charge in [0.05, 0.1) is 7.41 Å². The van der Waals surface area contributed by atoms with E-state index in [4.69, 9.17) is 13.0 Å². The second-order valence-electron chi connectivity index (χ2n) is 5.50. The van der Waals surface area contributed by atoms with Gasteiger partial charge in [0.1, 0.15) is 5.82 Å². The summed E-state index contributed by atoms with van der Waals surface area (Å²) in [4.78, 5) is 18.5. The molecule has 128 valence electrons. The highest BCUT2D eigenvalue weighted by Crippen LogP contribution is 2.30. The van der Waals surface area contributed by atoms with Crippen LogP contribution >= 0.6 is 23.1 Å². The molecule has 0 saturated heterocycles. The first-order valence-corrected chi connectivity index (χ1v) is 8.60. The molecule has 25 heavy (non-hydrogen) atoms. The third-order valence-corrected chi connectivity index (χ3v) is 5.02. The van der Waals surface area contributed by atoms with Crippen LogP contribution in [-0.2, 0) is 6.54 Å². The van der Waals surface area contributed by atoms with Gasteiger partial charge in [0, 0.05) is 18.7 Å². The maximum absolute atomic E-state index is 13.2. The Kier molecular flexibility index (Phi) is 3.67. The van der Waals surface area contributed by atoms with E-state index in [-0.39, 0.29) is 28.8 Å². The Morgan fingerprint density at radius 3 is 2.96 bits per heavy atom. The molecule has 10 heteroatoms. The summed E-state index contributed by atoms with van der Waals surface area (Å²) < 4.78 is 26.9. The molecule has 1 aliphatic rings. The third-order valence-electron chi connectivity index (χ3n) is 4.04. The van der Waals surface area contributed by atoms with Gasteiger partial charge in [0.15, 0.2) is 16.7 Å². The quantitative estimate of drug-likeness (QED) is 0.684. The van der Waals surface area contributed by atoms with E-state index in [1.165, 1.54) is 12.1 Å². The predicted octanol–water partition coefficient (Wildman–Crippen LogP) is 2.81. The second-order valence-corrected chi connectivity index (χ2v) is 6.59. The summed E-state index contributed by atoms with van der Waals surface area (Å²) in [6.45, 7) is 2.71. The van der Waals surface area contributed by atoms with Crippen LogP contribution in [-0.4, -0.2) is 41.5 Å². The van der Waals surface area contributed by atoms with Gasteiger partial charge in [-0.15, -0.1) is 10.2 Å². The van der Waals surface area contributed by atoms with Crippen molar-refractivity contribution < 1.29 is 10.6 Å². The summed E-state index contributed by atoms with van der Waals surface area (Å²) in [7, 11) is 0. The van der Waals surface area contributed by atoms with Crippen molar-refractivity contribution in [2.45, 2.75) is 19.5 Å². The van der Waals surface area contributed by atoms with Crippen molar-refractivity contribution in [3.63, 3.8) is 0 Å². The number of benzene rings is 1. The standard InChI is InChI=1S/C15H12ClFN6OS/c1-8-11-19-20-12(13-18-15(16)21-25-13)23(11)7-6-22(8)14(24)9-2-4-10(17)5-3-9/h2-5,8H,6-7H2,1H3/t8-/m1/s1/i2D. The van der Waals surface area contributed by atoms with Crippen molar-refractivity contribution in [1.82, 2.24) is 29.0 Å². The smallest absolute Gasteiger partial charge is 0.254 e. The van der Waals surface area contributed by atoms with Gasteiger partial charge in [-0.2, -0.15) is 4.37 Å². The topological polar surface area (TPSA) is 76.8 Å².